The molecule has 34 heavy (non-hydrogen) atoms. The van der Waals surface area contributed by atoms with Crippen LogP contribution in [0, 0.1) is 6.92 Å². The van der Waals surface area contributed by atoms with Crippen molar-refractivity contribution in [2.75, 3.05) is 0 Å². The Morgan fingerprint density at radius 3 is 2.06 bits per heavy atom. The summed E-state index contributed by atoms with van der Waals surface area (Å²) in [5.74, 6) is -1.25. The van der Waals surface area contributed by atoms with Gasteiger partial charge in [-0.15, -0.1) is 0 Å². The minimum absolute atomic E-state index is 0.0135. The van der Waals surface area contributed by atoms with Crippen LogP contribution in [0.25, 0.3) is 0 Å². The molecule has 0 bridgehead atoms. The number of imidazole rings is 1. The van der Waals surface area contributed by atoms with Gasteiger partial charge in [-0.05, 0) is 44.7 Å². The number of aliphatic carboxylic acids is 1. The molecule has 1 heterocycles. The number of benzene rings is 1. The van der Waals surface area contributed by atoms with Gasteiger partial charge in [-0.1, -0.05) is 56.2 Å². The highest BCUT2D eigenvalue weighted by atomic mass is 32.2. The summed E-state index contributed by atoms with van der Waals surface area (Å²) in [6, 6.07) is 6.66. The Morgan fingerprint density at radius 2 is 1.59 bits per heavy atom. The van der Waals surface area contributed by atoms with E-state index in [1.54, 1.807) is 12.1 Å². The lowest BCUT2D eigenvalue weighted by atomic mass is 9.91. The molecule has 0 spiro atoms. The van der Waals surface area contributed by atoms with Crippen molar-refractivity contribution in [3.8, 4) is 0 Å². The molecule has 188 valence electrons. The first kappa shape index (κ1) is 26.4. The van der Waals surface area contributed by atoms with E-state index in [2.05, 4.69) is 20.0 Å². The molecule has 8 nitrogen and oxygen atoms in total. The highest BCUT2D eigenvalue weighted by Crippen LogP contribution is 2.22. The Labute approximate surface area is 203 Å². The summed E-state index contributed by atoms with van der Waals surface area (Å²) in [6.45, 7) is 1.84. The molecule has 0 unspecified atom stereocenters. The molecule has 2 saturated carbocycles. The van der Waals surface area contributed by atoms with Crippen LogP contribution in [-0.4, -0.2) is 47.6 Å². The summed E-state index contributed by atoms with van der Waals surface area (Å²) in [6.07, 6.45) is 17.4. The maximum Gasteiger partial charge on any atom is 0.322 e. The maximum atomic E-state index is 12.2. The van der Waals surface area contributed by atoms with Gasteiger partial charge in [0.1, 0.15) is 6.04 Å². The van der Waals surface area contributed by atoms with Gasteiger partial charge in [-0.2, -0.15) is 4.72 Å². The number of hydrogen-bond acceptors (Lipinski definition) is 5. The van der Waals surface area contributed by atoms with Crippen molar-refractivity contribution in [2.24, 2.45) is 0 Å². The number of aromatic amines is 1. The number of nitrogens with zero attached hydrogens (tertiary/aromatic N) is 1. The number of H-pyrrole nitrogens is 1. The lowest BCUT2D eigenvalue weighted by Crippen LogP contribution is -2.42. The van der Waals surface area contributed by atoms with Crippen LogP contribution in [0.3, 0.4) is 0 Å². The summed E-state index contributed by atoms with van der Waals surface area (Å²) >= 11 is 0. The zero-order valence-electron chi connectivity index (χ0n) is 20.0. The first-order valence-electron chi connectivity index (χ1n) is 12.4. The second-order valence-electron chi connectivity index (χ2n) is 9.44. The molecule has 0 amide bonds. The zero-order valence-corrected chi connectivity index (χ0v) is 20.8. The number of sulfonamides is 1. The average Bonchev–Trinajstić information content (AvgIpc) is 3.34. The quantitative estimate of drug-likeness (QED) is 0.444. The van der Waals surface area contributed by atoms with Gasteiger partial charge in [0.05, 0.1) is 11.2 Å². The Kier molecular flexibility index (Phi) is 10.1. The number of rotatable bonds is 8. The number of carboxylic acids is 1. The van der Waals surface area contributed by atoms with Crippen LogP contribution in [0.4, 0.5) is 0 Å². The summed E-state index contributed by atoms with van der Waals surface area (Å²) in [4.78, 5) is 17.8. The molecule has 9 heteroatoms. The predicted octanol–water partition coefficient (Wildman–Crippen LogP) is 3.93. The highest BCUT2D eigenvalue weighted by Gasteiger charge is 2.26. The van der Waals surface area contributed by atoms with Gasteiger partial charge in [0.2, 0.25) is 10.0 Å². The summed E-state index contributed by atoms with van der Waals surface area (Å²) in [5, 5.41) is 13.0. The predicted molar refractivity (Wildman–Crippen MR) is 132 cm³/mol. The van der Waals surface area contributed by atoms with Crippen molar-refractivity contribution in [1.82, 2.24) is 20.0 Å². The van der Waals surface area contributed by atoms with Crippen LogP contribution in [0.5, 0.6) is 0 Å². The van der Waals surface area contributed by atoms with Gasteiger partial charge in [0.15, 0.2) is 0 Å². The highest BCUT2D eigenvalue weighted by molar-refractivity contribution is 7.89. The second-order valence-corrected chi connectivity index (χ2v) is 11.2. The van der Waals surface area contributed by atoms with E-state index in [1.165, 1.54) is 88.9 Å². The van der Waals surface area contributed by atoms with E-state index in [4.69, 9.17) is 5.11 Å². The SMILES string of the molecule is C1CCC(NC2CCCCC2)CC1.Cc1ccc(S(=O)(=O)N[C@@H](Cc2cnc[nH]2)C(=O)O)cc1. The monoisotopic (exact) mass is 490 g/mol. The van der Waals surface area contributed by atoms with E-state index in [1.807, 2.05) is 6.92 Å². The Balaban J connectivity index is 0.000000212. The van der Waals surface area contributed by atoms with Crippen molar-refractivity contribution in [1.29, 1.82) is 0 Å². The molecular weight excluding hydrogens is 452 g/mol. The van der Waals surface area contributed by atoms with E-state index in [9.17, 15) is 13.2 Å². The molecule has 1 atom stereocenters. The summed E-state index contributed by atoms with van der Waals surface area (Å²) in [5.41, 5.74) is 1.45. The number of hydrogen-bond donors (Lipinski definition) is 4. The topological polar surface area (TPSA) is 124 Å². The molecule has 2 fully saturated rings. The molecule has 2 aromatic rings. The van der Waals surface area contributed by atoms with E-state index < -0.39 is 22.0 Å². The third kappa shape index (κ3) is 8.52. The fraction of sp³-hybridized carbons (Fsp3) is 0.600. The van der Waals surface area contributed by atoms with Crippen molar-refractivity contribution in [2.45, 2.75) is 101 Å². The van der Waals surface area contributed by atoms with Gasteiger partial charge >= 0.3 is 5.97 Å². The van der Waals surface area contributed by atoms with E-state index >= 15 is 0 Å². The molecule has 0 aliphatic heterocycles. The van der Waals surface area contributed by atoms with Crippen molar-refractivity contribution >= 4 is 16.0 Å². The van der Waals surface area contributed by atoms with Gasteiger partial charge in [-0.25, -0.2) is 13.4 Å². The van der Waals surface area contributed by atoms with Gasteiger partial charge in [0.25, 0.3) is 0 Å². The number of nitrogens with one attached hydrogen (secondary N) is 3. The van der Waals surface area contributed by atoms with Crippen LogP contribution in [0.1, 0.15) is 75.5 Å². The van der Waals surface area contributed by atoms with E-state index in [0.29, 0.717) is 5.69 Å². The molecule has 4 rings (SSSR count). The lowest BCUT2D eigenvalue weighted by Gasteiger charge is -2.30. The Hall–Kier alpha value is -2.23. The molecule has 0 radical (unpaired) electrons. The minimum atomic E-state index is -3.89. The molecule has 2 aliphatic carbocycles. The molecule has 0 saturated heterocycles. The van der Waals surface area contributed by atoms with Crippen molar-refractivity contribution in [3.63, 3.8) is 0 Å². The van der Waals surface area contributed by atoms with Crippen LogP contribution in [0.15, 0.2) is 41.7 Å². The van der Waals surface area contributed by atoms with E-state index in [-0.39, 0.29) is 11.3 Å². The summed E-state index contributed by atoms with van der Waals surface area (Å²) in [7, 11) is -3.89. The first-order valence-corrected chi connectivity index (χ1v) is 13.9. The van der Waals surface area contributed by atoms with Gasteiger partial charge in [-0.3, -0.25) is 4.79 Å². The van der Waals surface area contributed by atoms with Crippen molar-refractivity contribution in [3.05, 3.63) is 48.0 Å². The van der Waals surface area contributed by atoms with Gasteiger partial charge < -0.3 is 15.4 Å². The molecular formula is C25H38N4O4S. The molecule has 1 aromatic carbocycles. The van der Waals surface area contributed by atoms with Crippen LogP contribution in [0.2, 0.25) is 0 Å². The molecule has 1 aromatic heterocycles. The second kappa shape index (κ2) is 13.0. The van der Waals surface area contributed by atoms with Crippen molar-refractivity contribution < 1.29 is 18.3 Å². The largest absolute Gasteiger partial charge is 0.480 e. The fourth-order valence-electron chi connectivity index (χ4n) is 4.64. The molecule has 4 N–H and O–H groups in total. The standard InChI is InChI=1S/C13H15N3O4S.C12H23N/c1-9-2-4-11(5-3-9)21(19,20)16-12(13(17)18)6-10-7-14-8-15-10;1-3-7-11(8-4-1)13-12-9-5-2-6-10-12/h2-5,7-8,12,16H,6H2,1H3,(H,14,15)(H,17,18);11-13H,1-10H2/t12-;/m0./s1. The van der Waals surface area contributed by atoms with E-state index in [0.717, 1.165) is 17.6 Å². The number of aromatic nitrogens is 2. The maximum absolute atomic E-state index is 12.2. The average molecular weight is 491 g/mol. The first-order chi connectivity index (χ1) is 16.3. The minimum Gasteiger partial charge on any atom is -0.480 e. The summed E-state index contributed by atoms with van der Waals surface area (Å²) < 4.78 is 26.6. The van der Waals surface area contributed by atoms with Gasteiger partial charge in [0, 0.05) is 30.4 Å². The fourth-order valence-corrected chi connectivity index (χ4v) is 5.83. The third-order valence-electron chi connectivity index (χ3n) is 6.59. The third-order valence-corrected chi connectivity index (χ3v) is 8.08. The zero-order chi connectivity index (χ0) is 24.4. The normalized spacial score (nSPS) is 18.6. The number of carbonyl (C=O) groups is 1. The lowest BCUT2D eigenvalue weighted by molar-refractivity contribution is -0.138. The molecule has 2 aliphatic rings. The van der Waals surface area contributed by atoms with Crippen LogP contribution in [-0.2, 0) is 21.2 Å². The number of aryl methyl sites for hydroxylation is 1. The van der Waals surface area contributed by atoms with Crippen LogP contribution < -0.4 is 10.0 Å². The number of carboxylic acid groups (broad SMARTS) is 1. The Morgan fingerprint density at radius 1 is 1.03 bits per heavy atom. The Bertz CT molecular complexity index is 949. The smallest absolute Gasteiger partial charge is 0.322 e. The van der Waals surface area contributed by atoms with Crippen LogP contribution >= 0.6 is 0 Å².